The van der Waals surface area contributed by atoms with Gasteiger partial charge in [-0.1, -0.05) is 13.0 Å². The quantitative estimate of drug-likeness (QED) is 0.129. The second kappa shape index (κ2) is 12.2. The Morgan fingerprint density at radius 3 is 1.87 bits per heavy atom. The molecule has 0 saturated carbocycles. The molecular formula is C36H34N2O9. The lowest BCUT2D eigenvalue weighted by Gasteiger charge is -2.16. The van der Waals surface area contributed by atoms with E-state index in [1.165, 1.54) is 28.1 Å². The summed E-state index contributed by atoms with van der Waals surface area (Å²) in [5.74, 6) is 1.23. The highest BCUT2D eigenvalue weighted by Crippen LogP contribution is 2.46. The van der Waals surface area contributed by atoms with Crippen molar-refractivity contribution in [1.29, 1.82) is 0 Å². The van der Waals surface area contributed by atoms with Gasteiger partial charge < -0.3 is 37.4 Å². The molecule has 0 aliphatic rings. The molecule has 3 aromatic heterocycles. The van der Waals surface area contributed by atoms with Crippen molar-refractivity contribution in [2.24, 2.45) is 0 Å². The van der Waals surface area contributed by atoms with Gasteiger partial charge in [-0.25, -0.2) is 0 Å². The van der Waals surface area contributed by atoms with Crippen LogP contribution in [0.4, 0.5) is 0 Å². The molecule has 3 aromatic carbocycles. The Bertz CT molecular complexity index is 2300. The number of aromatic nitrogens is 2. The standard InChI is InChI=1S/C36H34N2O9/c1-8-12-37-25-18-31(47-20(3)40)29(45-7)17-24(25)33-32(22-9-10-26(42-4)27(15-22)43-5)34-23-16-28(44-6)30(46-19(2)39)14-21(23)11-13-38(34)35(33)36(37)41/h9-11,13-18H,8,12H2,1-7H3. The van der Waals surface area contributed by atoms with Gasteiger partial charge in [0.15, 0.2) is 34.5 Å². The van der Waals surface area contributed by atoms with Crippen molar-refractivity contribution in [2.75, 3.05) is 28.4 Å². The summed E-state index contributed by atoms with van der Waals surface area (Å²) in [4.78, 5) is 38.5. The van der Waals surface area contributed by atoms with Gasteiger partial charge in [0.25, 0.3) is 5.56 Å². The lowest BCUT2D eigenvalue weighted by molar-refractivity contribution is -0.132. The molecule has 0 fully saturated rings. The summed E-state index contributed by atoms with van der Waals surface area (Å²) in [6, 6.07) is 14.5. The minimum Gasteiger partial charge on any atom is -0.493 e. The molecule has 11 nitrogen and oxygen atoms in total. The second-order valence-corrected chi connectivity index (χ2v) is 11.0. The molecule has 47 heavy (non-hydrogen) atoms. The zero-order valence-corrected chi connectivity index (χ0v) is 27.2. The maximum absolute atomic E-state index is 14.6. The number of hydrogen-bond donors (Lipinski definition) is 0. The summed E-state index contributed by atoms with van der Waals surface area (Å²) in [5, 5.41) is 2.88. The van der Waals surface area contributed by atoms with Gasteiger partial charge in [0, 0.05) is 54.4 Å². The van der Waals surface area contributed by atoms with Crippen molar-refractivity contribution in [3.05, 3.63) is 65.1 Å². The molecule has 0 amide bonds. The van der Waals surface area contributed by atoms with Crippen LogP contribution < -0.4 is 34.0 Å². The number of pyridine rings is 2. The summed E-state index contributed by atoms with van der Waals surface area (Å²) in [5.41, 5.74) is 3.01. The van der Waals surface area contributed by atoms with E-state index in [0.717, 1.165) is 21.9 Å². The van der Waals surface area contributed by atoms with Crippen LogP contribution in [0, 0.1) is 0 Å². The van der Waals surface area contributed by atoms with Crippen LogP contribution in [0.5, 0.6) is 34.5 Å². The lowest BCUT2D eigenvalue weighted by atomic mass is 9.97. The Labute approximate surface area is 269 Å². The van der Waals surface area contributed by atoms with Crippen LogP contribution in [-0.4, -0.2) is 49.3 Å². The number of ether oxygens (including phenoxy) is 6. The Kier molecular flexibility index (Phi) is 8.14. The largest absolute Gasteiger partial charge is 0.493 e. The Balaban J connectivity index is 1.90. The zero-order valence-electron chi connectivity index (χ0n) is 27.2. The predicted octanol–water partition coefficient (Wildman–Crippen LogP) is 6.52. The van der Waals surface area contributed by atoms with E-state index >= 15 is 0 Å². The number of hydrogen-bond acceptors (Lipinski definition) is 9. The Hall–Kier alpha value is -5.71. The fourth-order valence-electron chi connectivity index (χ4n) is 6.27. The maximum atomic E-state index is 14.6. The molecule has 242 valence electrons. The summed E-state index contributed by atoms with van der Waals surface area (Å²) < 4.78 is 37.2. The summed E-state index contributed by atoms with van der Waals surface area (Å²) >= 11 is 0. The molecule has 6 rings (SSSR count). The smallest absolute Gasteiger partial charge is 0.308 e. The molecule has 0 spiro atoms. The molecule has 0 aliphatic heterocycles. The minimum atomic E-state index is -0.512. The van der Waals surface area contributed by atoms with Gasteiger partial charge in [0.1, 0.15) is 5.52 Å². The van der Waals surface area contributed by atoms with Crippen molar-refractivity contribution < 1.29 is 38.0 Å². The van der Waals surface area contributed by atoms with E-state index in [0.29, 0.717) is 63.3 Å². The predicted molar refractivity (Wildman–Crippen MR) is 179 cm³/mol. The van der Waals surface area contributed by atoms with E-state index in [9.17, 15) is 14.4 Å². The number of nitrogens with zero attached hydrogens (tertiary/aromatic N) is 2. The topological polar surface area (TPSA) is 116 Å². The fraction of sp³-hybridized carbons (Fsp3) is 0.250. The van der Waals surface area contributed by atoms with E-state index < -0.39 is 11.9 Å². The normalized spacial score (nSPS) is 11.3. The summed E-state index contributed by atoms with van der Waals surface area (Å²) in [7, 11) is 6.13. The molecule has 0 unspecified atom stereocenters. The molecule has 6 aromatic rings. The molecule has 3 heterocycles. The first-order chi connectivity index (χ1) is 22.6. The van der Waals surface area contributed by atoms with Crippen molar-refractivity contribution in [3.8, 4) is 45.6 Å². The third kappa shape index (κ3) is 5.13. The number of fused-ring (bicyclic) bond motifs is 7. The van der Waals surface area contributed by atoms with Crippen molar-refractivity contribution in [2.45, 2.75) is 33.7 Å². The average molecular weight is 639 g/mol. The molecule has 0 saturated heterocycles. The van der Waals surface area contributed by atoms with Gasteiger partial charge >= 0.3 is 11.9 Å². The zero-order chi connectivity index (χ0) is 33.6. The third-order valence-corrected chi connectivity index (χ3v) is 8.12. The SMILES string of the molecule is CCCn1c(=O)c2c(c(-c3ccc(OC)c(OC)c3)c3c4cc(OC)c(OC(C)=O)cc4ccn32)c2cc(OC)c(OC(C)=O)cc21. The number of carbonyl (C=O) groups excluding carboxylic acids is 2. The first kappa shape index (κ1) is 31.3. The number of benzene rings is 3. The molecular weight excluding hydrogens is 604 g/mol. The van der Waals surface area contributed by atoms with Crippen LogP contribution in [0.1, 0.15) is 27.2 Å². The van der Waals surface area contributed by atoms with Crippen LogP contribution in [0.15, 0.2) is 59.5 Å². The van der Waals surface area contributed by atoms with Gasteiger partial charge in [0.05, 0.1) is 39.5 Å². The highest BCUT2D eigenvalue weighted by molar-refractivity contribution is 6.22. The van der Waals surface area contributed by atoms with E-state index in [1.807, 2.05) is 41.8 Å². The van der Waals surface area contributed by atoms with Crippen molar-refractivity contribution in [3.63, 3.8) is 0 Å². The summed E-state index contributed by atoms with van der Waals surface area (Å²) in [6.45, 7) is 5.05. The molecule has 0 atom stereocenters. The highest BCUT2D eigenvalue weighted by atomic mass is 16.6. The van der Waals surface area contributed by atoms with E-state index in [-0.39, 0.29) is 17.1 Å². The van der Waals surface area contributed by atoms with E-state index in [1.54, 1.807) is 43.1 Å². The Morgan fingerprint density at radius 2 is 1.28 bits per heavy atom. The molecule has 0 N–H and O–H groups in total. The third-order valence-electron chi connectivity index (χ3n) is 8.12. The number of methoxy groups -OCH3 is 4. The average Bonchev–Trinajstić information content (AvgIpc) is 3.41. The summed E-state index contributed by atoms with van der Waals surface area (Å²) in [6.07, 6.45) is 2.52. The first-order valence-electron chi connectivity index (χ1n) is 15.0. The minimum absolute atomic E-state index is 0.209. The number of aryl methyl sites for hydroxylation is 1. The van der Waals surface area contributed by atoms with Crippen molar-refractivity contribution in [1.82, 2.24) is 8.97 Å². The molecule has 0 aliphatic carbocycles. The van der Waals surface area contributed by atoms with Gasteiger partial charge in [0.2, 0.25) is 0 Å². The van der Waals surface area contributed by atoms with Crippen LogP contribution in [0.2, 0.25) is 0 Å². The van der Waals surface area contributed by atoms with E-state index in [4.69, 9.17) is 28.4 Å². The van der Waals surface area contributed by atoms with Gasteiger partial charge in [-0.05, 0) is 53.8 Å². The second-order valence-electron chi connectivity index (χ2n) is 11.0. The number of rotatable bonds is 9. The monoisotopic (exact) mass is 638 g/mol. The maximum Gasteiger partial charge on any atom is 0.308 e. The van der Waals surface area contributed by atoms with Gasteiger partial charge in [-0.3, -0.25) is 14.4 Å². The molecule has 0 bridgehead atoms. The van der Waals surface area contributed by atoms with Crippen LogP contribution in [0.25, 0.3) is 49.2 Å². The van der Waals surface area contributed by atoms with Gasteiger partial charge in [-0.15, -0.1) is 0 Å². The van der Waals surface area contributed by atoms with Crippen molar-refractivity contribution >= 4 is 50.0 Å². The van der Waals surface area contributed by atoms with Crippen LogP contribution in [-0.2, 0) is 16.1 Å². The van der Waals surface area contributed by atoms with Gasteiger partial charge in [-0.2, -0.15) is 0 Å². The molecule has 11 heteroatoms. The first-order valence-corrected chi connectivity index (χ1v) is 15.0. The molecule has 0 radical (unpaired) electrons. The van der Waals surface area contributed by atoms with Crippen LogP contribution in [0.3, 0.4) is 0 Å². The van der Waals surface area contributed by atoms with E-state index in [2.05, 4.69) is 0 Å². The fourth-order valence-corrected chi connectivity index (χ4v) is 6.27. The lowest BCUT2D eigenvalue weighted by Crippen LogP contribution is -2.22. The highest BCUT2D eigenvalue weighted by Gasteiger charge is 2.26. The van der Waals surface area contributed by atoms with Crippen LogP contribution >= 0.6 is 0 Å². The number of esters is 2. The number of carbonyl (C=O) groups is 2. The Morgan fingerprint density at radius 1 is 0.681 bits per heavy atom.